The number of halogens is 1. The molecule has 1 aliphatic heterocycles. The summed E-state index contributed by atoms with van der Waals surface area (Å²) in [6.45, 7) is 2.48. The average Bonchev–Trinajstić information content (AvgIpc) is 3.12. The summed E-state index contributed by atoms with van der Waals surface area (Å²) in [7, 11) is 1.62. The summed E-state index contributed by atoms with van der Waals surface area (Å²) < 4.78 is 11.2. The van der Waals surface area contributed by atoms with Crippen LogP contribution in [0.15, 0.2) is 55.4 Å². The number of rotatable bonds is 4. The van der Waals surface area contributed by atoms with Crippen LogP contribution in [0.4, 0.5) is 5.69 Å². The van der Waals surface area contributed by atoms with Crippen molar-refractivity contribution < 1.29 is 13.9 Å². The molecule has 1 aromatic heterocycles. The number of thioether (sulfide) groups is 1. The van der Waals surface area contributed by atoms with Crippen LogP contribution in [-0.4, -0.2) is 29.6 Å². The Kier molecular flexibility index (Phi) is 5.11. The summed E-state index contributed by atoms with van der Waals surface area (Å²) >= 11 is 4.60. The second-order valence-corrected chi connectivity index (χ2v) is 6.69. The molecule has 1 aliphatic rings. The van der Waals surface area contributed by atoms with E-state index in [1.54, 1.807) is 30.2 Å². The molecule has 0 N–H and O–H groups in total. The van der Waals surface area contributed by atoms with Crippen LogP contribution in [-0.2, 0) is 4.79 Å². The predicted molar refractivity (Wildman–Crippen MR) is 99.5 cm³/mol. The van der Waals surface area contributed by atoms with E-state index in [-0.39, 0.29) is 5.91 Å². The number of hydrogen-bond donors (Lipinski definition) is 0. The number of carbonyl (C=O) groups excluding carboxylic acids is 1. The Hall–Kier alpha value is -1.99. The van der Waals surface area contributed by atoms with Crippen LogP contribution in [0.3, 0.4) is 0 Å². The maximum atomic E-state index is 12.5. The lowest BCUT2D eigenvalue weighted by Gasteiger charge is -2.12. The summed E-state index contributed by atoms with van der Waals surface area (Å²) in [5.41, 5.74) is 0.770. The highest BCUT2D eigenvalue weighted by Crippen LogP contribution is 2.34. The number of amides is 1. The van der Waals surface area contributed by atoms with E-state index >= 15 is 0 Å². The largest absolute Gasteiger partial charge is 0.497 e. The van der Waals surface area contributed by atoms with Gasteiger partial charge in [-0.05, 0) is 71.0 Å². The molecule has 2 aromatic rings. The fourth-order valence-corrected chi connectivity index (χ4v) is 3.53. The van der Waals surface area contributed by atoms with E-state index in [1.807, 2.05) is 31.2 Å². The minimum atomic E-state index is -0.0673. The van der Waals surface area contributed by atoms with E-state index in [9.17, 15) is 4.79 Å². The van der Waals surface area contributed by atoms with Gasteiger partial charge in [0.2, 0.25) is 0 Å². The number of methoxy groups -OCH3 is 1. The van der Waals surface area contributed by atoms with Gasteiger partial charge in [0.1, 0.15) is 11.5 Å². The molecule has 0 aliphatic carbocycles. The van der Waals surface area contributed by atoms with E-state index in [0.29, 0.717) is 27.0 Å². The van der Waals surface area contributed by atoms with Crippen molar-refractivity contribution in [3.05, 3.63) is 51.7 Å². The second kappa shape index (κ2) is 7.27. The highest BCUT2D eigenvalue weighted by Gasteiger charge is 2.32. The normalized spacial score (nSPS) is 18.0. The van der Waals surface area contributed by atoms with E-state index in [0.717, 1.165) is 11.4 Å². The first-order valence-corrected chi connectivity index (χ1v) is 8.91. The zero-order valence-electron chi connectivity index (χ0n) is 13.2. The van der Waals surface area contributed by atoms with Crippen LogP contribution in [0.1, 0.15) is 12.7 Å². The van der Waals surface area contributed by atoms with Crippen molar-refractivity contribution in [2.24, 2.45) is 4.99 Å². The molecule has 1 aromatic carbocycles. The Labute approximate surface area is 152 Å². The lowest BCUT2D eigenvalue weighted by molar-refractivity contribution is -0.122. The molecule has 0 unspecified atom stereocenters. The number of carbonyl (C=O) groups is 1. The number of nitrogens with zero attached hydrogens (tertiary/aromatic N) is 2. The quantitative estimate of drug-likeness (QED) is 0.691. The molecule has 24 heavy (non-hydrogen) atoms. The third-order valence-corrected chi connectivity index (χ3v) is 4.80. The molecule has 0 saturated carbocycles. The Bertz CT molecular complexity index is 811. The maximum Gasteiger partial charge on any atom is 0.266 e. The van der Waals surface area contributed by atoms with Crippen LogP contribution in [0, 0.1) is 0 Å². The predicted octanol–water partition coefficient (Wildman–Crippen LogP) is 4.67. The summed E-state index contributed by atoms with van der Waals surface area (Å²) in [5, 5.41) is 0.657. The first-order valence-electron chi connectivity index (χ1n) is 7.30. The molecule has 1 saturated heterocycles. The van der Waals surface area contributed by atoms with Crippen molar-refractivity contribution in [1.82, 2.24) is 4.90 Å². The average molecular weight is 407 g/mol. The lowest BCUT2D eigenvalue weighted by Crippen LogP contribution is -2.28. The highest BCUT2D eigenvalue weighted by molar-refractivity contribution is 9.10. The van der Waals surface area contributed by atoms with Gasteiger partial charge in [0.25, 0.3) is 5.91 Å². The monoisotopic (exact) mass is 406 g/mol. The molecular formula is C17H15BrN2O3S. The maximum absolute atomic E-state index is 12.5. The van der Waals surface area contributed by atoms with Crippen molar-refractivity contribution >= 4 is 50.5 Å². The topological polar surface area (TPSA) is 55.0 Å². The first-order chi connectivity index (χ1) is 11.6. The number of amidine groups is 1. The lowest BCUT2D eigenvalue weighted by atomic mass is 10.3. The van der Waals surface area contributed by atoms with Gasteiger partial charge >= 0.3 is 0 Å². The number of likely N-dealkylation sites (N-methyl/N-ethyl adjacent to an activating group) is 1. The molecule has 1 fully saturated rings. The van der Waals surface area contributed by atoms with Gasteiger partial charge in [-0.1, -0.05) is 0 Å². The summed E-state index contributed by atoms with van der Waals surface area (Å²) in [6.07, 6.45) is 1.73. The van der Waals surface area contributed by atoms with E-state index in [2.05, 4.69) is 20.9 Å². The van der Waals surface area contributed by atoms with Crippen molar-refractivity contribution in [2.45, 2.75) is 6.92 Å². The zero-order valence-corrected chi connectivity index (χ0v) is 15.6. The third-order valence-electron chi connectivity index (χ3n) is 3.37. The third kappa shape index (κ3) is 3.57. The molecule has 0 radical (unpaired) electrons. The Morgan fingerprint density at radius 1 is 1.29 bits per heavy atom. The standard InChI is InChI=1S/C17H15BrN2O3S/c1-3-20-16(21)14(10-13-8-9-15(18)23-13)24-17(20)19-11-4-6-12(22-2)7-5-11/h4-10H,3H2,1-2H3/b14-10-,19-17?. The number of benzene rings is 1. The van der Waals surface area contributed by atoms with Gasteiger partial charge in [0.15, 0.2) is 9.84 Å². The Morgan fingerprint density at radius 3 is 2.62 bits per heavy atom. The van der Waals surface area contributed by atoms with Crippen LogP contribution >= 0.6 is 27.7 Å². The van der Waals surface area contributed by atoms with E-state index in [1.165, 1.54) is 11.8 Å². The summed E-state index contributed by atoms with van der Waals surface area (Å²) in [6, 6.07) is 11.0. The molecular weight excluding hydrogens is 392 g/mol. The molecule has 0 spiro atoms. The van der Waals surface area contributed by atoms with Crippen molar-refractivity contribution in [3.8, 4) is 5.75 Å². The highest BCUT2D eigenvalue weighted by atomic mass is 79.9. The van der Waals surface area contributed by atoms with E-state index in [4.69, 9.17) is 9.15 Å². The van der Waals surface area contributed by atoms with Crippen LogP contribution in [0.2, 0.25) is 0 Å². The van der Waals surface area contributed by atoms with E-state index < -0.39 is 0 Å². The summed E-state index contributed by atoms with van der Waals surface area (Å²) in [5.74, 6) is 1.33. The van der Waals surface area contributed by atoms with Gasteiger partial charge in [-0.15, -0.1) is 0 Å². The number of hydrogen-bond acceptors (Lipinski definition) is 5. The second-order valence-electron chi connectivity index (χ2n) is 4.89. The van der Waals surface area contributed by atoms with Crippen LogP contribution < -0.4 is 4.74 Å². The zero-order chi connectivity index (χ0) is 17.1. The van der Waals surface area contributed by atoms with Gasteiger partial charge in [-0.3, -0.25) is 9.69 Å². The fourth-order valence-electron chi connectivity index (χ4n) is 2.17. The van der Waals surface area contributed by atoms with Gasteiger partial charge < -0.3 is 9.15 Å². The van der Waals surface area contributed by atoms with Crippen LogP contribution in [0.25, 0.3) is 6.08 Å². The minimum Gasteiger partial charge on any atom is -0.497 e. The number of ether oxygens (including phenoxy) is 1. The SMILES string of the molecule is CCN1C(=O)/C(=C/c2ccc(Br)o2)SC1=Nc1ccc(OC)cc1. The first kappa shape index (κ1) is 16.9. The smallest absolute Gasteiger partial charge is 0.266 e. The minimum absolute atomic E-state index is 0.0673. The Balaban J connectivity index is 1.89. The molecule has 0 bridgehead atoms. The molecule has 124 valence electrons. The van der Waals surface area contributed by atoms with Crippen molar-refractivity contribution in [2.75, 3.05) is 13.7 Å². The molecule has 5 nitrogen and oxygen atoms in total. The van der Waals surface area contributed by atoms with Gasteiger partial charge in [-0.2, -0.15) is 0 Å². The molecule has 0 atom stereocenters. The van der Waals surface area contributed by atoms with Gasteiger partial charge in [-0.25, -0.2) is 4.99 Å². The molecule has 1 amide bonds. The molecule has 3 rings (SSSR count). The molecule has 7 heteroatoms. The van der Waals surface area contributed by atoms with Gasteiger partial charge in [0, 0.05) is 12.6 Å². The number of aliphatic imine (C=N–C) groups is 1. The fraction of sp³-hybridized carbons (Fsp3) is 0.176. The van der Waals surface area contributed by atoms with Gasteiger partial charge in [0.05, 0.1) is 17.7 Å². The number of furan rings is 1. The summed E-state index contributed by atoms with van der Waals surface area (Å²) in [4.78, 5) is 19.4. The van der Waals surface area contributed by atoms with Crippen molar-refractivity contribution in [1.29, 1.82) is 0 Å². The Morgan fingerprint density at radius 2 is 2.04 bits per heavy atom. The molecule has 2 heterocycles. The van der Waals surface area contributed by atoms with Crippen LogP contribution in [0.5, 0.6) is 5.75 Å². The van der Waals surface area contributed by atoms with Crippen molar-refractivity contribution in [3.63, 3.8) is 0 Å².